The smallest absolute Gasteiger partial charge is 0.748 e. The second-order valence-electron chi connectivity index (χ2n) is 4.59. The minimum Gasteiger partial charge on any atom is -0.748 e. The molecule has 0 radical (unpaired) electrons. The first-order valence-corrected chi connectivity index (χ1v) is 8.28. The summed E-state index contributed by atoms with van der Waals surface area (Å²) in [4.78, 5) is 1.68. The number of rotatable bonds is 5. The summed E-state index contributed by atoms with van der Waals surface area (Å²) in [6.45, 7) is 0.0223. The fourth-order valence-corrected chi connectivity index (χ4v) is 3.30. The molecule has 10 heteroatoms. The van der Waals surface area contributed by atoms with Gasteiger partial charge in [0.15, 0.2) is 0 Å². The largest absolute Gasteiger partial charge is 1.00 e. The summed E-state index contributed by atoms with van der Waals surface area (Å²) in [7, 11) is -4.43. The van der Waals surface area contributed by atoms with Crippen molar-refractivity contribution in [3.8, 4) is 0 Å². The molecule has 1 unspecified atom stereocenters. The Hall–Kier alpha value is 1.98. The Bertz CT molecular complexity index is 388. The predicted molar refractivity (Wildman–Crippen MR) is 74.1 cm³/mol. The molecule has 0 saturated heterocycles. The summed E-state index contributed by atoms with van der Waals surface area (Å²) in [6, 6.07) is 0.160. The quantitative estimate of drug-likeness (QED) is 0.227. The van der Waals surface area contributed by atoms with Gasteiger partial charge in [0.2, 0.25) is 0 Å². The van der Waals surface area contributed by atoms with Gasteiger partial charge in [-0.15, -0.1) is 0 Å². The van der Waals surface area contributed by atoms with E-state index in [9.17, 15) is 18.1 Å². The maximum absolute atomic E-state index is 10.6. The first-order valence-electron chi connectivity index (χ1n) is 5.89. The van der Waals surface area contributed by atoms with Crippen molar-refractivity contribution in [3.05, 3.63) is 0 Å². The van der Waals surface area contributed by atoms with Crippen LogP contribution < -0.4 is 59.1 Å². The number of nitrogens with zero attached hydrogens (tertiary/aromatic N) is 1. The van der Waals surface area contributed by atoms with Crippen LogP contribution in [0, 0.1) is 0 Å². The normalized spacial score (nSPS) is 17.5. The van der Waals surface area contributed by atoms with Gasteiger partial charge in [0, 0.05) is 12.6 Å². The van der Waals surface area contributed by atoms with Gasteiger partial charge in [-0.2, -0.15) is 0 Å². The number of hydrogen-bond acceptors (Lipinski definition) is 6. The van der Waals surface area contributed by atoms with E-state index in [1.807, 2.05) is 0 Å². The van der Waals surface area contributed by atoms with Crippen LogP contribution in [0.5, 0.6) is 0 Å². The van der Waals surface area contributed by atoms with Crippen LogP contribution in [-0.4, -0.2) is 51.7 Å². The molecule has 1 N–H and O–H groups in total. The summed E-state index contributed by atoms with van der Waals surface area (Å²) in [5.74, 6) is -0.797. The molecule has 1 fully saturated rings. The summed E-state index contributed by atoms with van der Waals surface area (Å²) in [6.07, 6.45) is 3.97. The van der Waals surface area contributed by atoms with Crippen molar-refractivity contribution < 1.29 is 77.2 Å². The SMILES string of the molecule is O=S(=O)([O-])CC(O)CN(C(=S)[S-])C1CCCCC1.[Na+].[Na+]. The van der Waals surface area contributed by atoms with Crippen LogP contribution in [-0.2, 0) is 22.7 Å². The van der Waals surface area contributed by atoms with E-state index in [1.165, 1.54) is 6.42 Å². The van der Waals surface area contributed by atoms with E-state index in [1.54, 1.807) is 4.90 Å². The molecule has 1 saturated carbocycles. The molecule has 106 valence electrons. The maximum atomic E-state index is 10.6. The Balaban J connectivity index is 0. The Kier molecular flexibility index (Phi) is 13.9. The van der Waals surface area contributed by atoms with Gasteiger partial charge in [0.25, 0.3) is 0 Å². The average Bonchev–Trinajstić information content (AvgIpc) is 2.24. The van der Waals surface area contributed by atoms with Crippen LogP contribution in [0.25, 0.3) is 0 Å². The van der Waals surface area contributed by atoms with Gasteiger partial charge in [-0.3, -0.25) is 0 Å². The Labute approximate surface area is 176 Å². The van der Waals surface area contributed by atoms with Crippen LogP contribution in [0.3, 0.4) is 0 Å². The van der Waals surface area contributed by atoms with Gasteiger partial charge in [-0.25, -0.2) is 8.42 Å². The fourth-order valence-electron chi connectivity index (χ4n) is 2.28. The third-order valence-electron chi connectivity index (χ3n) is 3.05. The van der Waals surface area contributed by atoms with Crippen molar-refractivity contribution in [2.24, 2.45) is 0 Å². The Morgan fingerprint density at radius 3 is 2.25 bits per heavy atom. The van der Waals surface area contributed by atoms with Crippen LogP contribution >= 0.6 is 12.2 Å². The monoisotopic (exact) mass is 357 g/mol. The van der Waals surface area contributed by atoms with Crippen molar-refractivity contribution >= 4 is 39.3 Å². The molecule has 0 aromatic rings. The van der Waals surface area contributed by atoms with Gasteiger partial charge in [0.1, 0.15) is 0 Å². The number of aliphatic hydroxyl groups is 1. The zero-order valence-electron chi connectivity index (χ0n) is 11.9. The molecular weight excluding hydrogens is 340 g/mol. The van der Waals surface area contributed by atoms with E-state index in [2.05, 4.69) is 0 Å². The van der Waals surface area contributed by atoms with Crippen LogP contribution in [0.4, 0.5) is 0 Å². The molecule has 0 aliphatic heterocycles. The second-order valence-corrected chi connectivity index (χ2v) is 7.07. The molecule has 5 nitrogen and oxygen atoms in total. The number of hydrogen-bond donors (Lipinski definition) is 1. The topological polar surface area (TPSA) is 80.7 Å². The van der Waals surface area contributed by atoms with Crippen LogP contribution in [0.15, 0.2) is 0 Å². The molecular formula is C10H17NNa2O4S3. The van der Waals surface area contributed by atoms with Crippen molar-refractivity contribution in [2.45, 2.75) is 44.2 Å². The van der Waals surface area contributed by atoms with Crippen LogP contribution in [0.2, 0.25) is 0 Å². The summed E-state index contributed by atoms with van der Waals surface area (Å²) < 4.78 is 32.0. The molecule has 0 bridgehead atoms. The van der Waals surface area contributed by atoms with Gasteiger partial charge < -0.3 is 39.4 Å². The summed E-state index contributed by atoms with van der Waals surface area (Å²) in [5.41, 5.74) is 0. The van der Waals surface area contributed by atoms with Gasteiger partial charge >= 0.3 is 59.1 Å². The van der Waals surface area contributed by atoms with E-state index in [4.69, 9.17) is 24.8 Å². The van der Waals surface area contributed by atoms with E-state index < -0.39 is 22.0 Å². The first kappa shape index (κ1) is 24.2. The van der Waals surface area contributed by atoms with E-state index in [0.717, 1.165) is 25.7 Å². The van der Waals surface area contributed by atoms with E-state index in [-0.39, 0.29) is 76.0 Å². The molecule has 0 spiro atoms. The number of thiocarbonyl (C=S) groups is 1. The third kappa shape index (κ3) is 9.89. The summed E-state index contributed by atoms with van der Waals surface area (Å²) in [5, 5.41) is 9.61. The molecule has 1 rings (SSSR count). The van der Waals surface area contributed by atoms with Gasteiger partial charge in [0.05, 0.1) is 22.0 Å². The minimum atomic E-state index is -4.43. The van der Waals surface area contributed by atoms with Crippen molar-refractivity contribution in [2.75, 3.05) is 12.3 Å². The molecule has 0 amide bonds. The standard InChI is InChI=1S/C10H19NO4S3.2Na/c12-9(7-18(13,14)15)6-11(10(16)17)8-4-2-1-3-5-8;;/h8-9,12H,1-7H2,(H,16,17)(H,13,14,15);;/q;2*+1/p-2. The molecule has 20 heavy (non-hydrogen) atoms. The first-order chi connectivity index (χ1) is 8.29. The maximum Gasteiger partial charge on any atom is 1.00 e. The zero-order chi connectivity index (χ0) is 13.8. The molecule has 1 aliphatic carbocycles. The second kappa shape index (κ2) is 11.5. The third-order valence-corrected chi connectivity index (χ3v) is 4.32. The van der Waals surface area contributed by atoms with E-state index >= 15 is 0 Å². The van der Waals surface area contributed by atoms with Gasteiger partial charge in [-0.05, 0) is 12.8 Å². The van der Waals surface area contributed by atoms with Crippen LogP contribution in [0.1, 0.15) is 32.1 Å². The summed E-state index contributed by atoms with van der Waals surface area (Å²) >= 11 is 9.92. The van der Waals surface area contributed by atoms with Gasteiger partial charge in [-0.1, -0.05) is 23.6 Å². The van der Waals surface area contributed by atoms with E-state index in [0.29, 0.717) is 0 Å². The Morgan fingerprint density at radius 1 is 1.35 bits per heavy atom. The molecule has 0 heterocycles. The molecule has 1 atom stereocenters. The molecule has 0 aromatic heterocycles. The fraction of sp³-hybridized carbons (Fsp3) is 0.900. The molecule has 1 aliphatic rings. The van der Waals surface area contributed by atoms with Crippen molar-refractivity contribution in [1.82, 2.24) is 4.90 Å². The average molecular weight is 357 g/mol. The minimum absolute atomic E-state index is 0. The number of aliphatic hydroxyl groups excluding tert-OH is 1. The predicted octanol–water partition coefficient (Wildman–Crippen LogP) is -5.63. The Morgan fingerprint density at radius 2 is 1.85 bits per heavy atom. The van der Waals surface area contributed by atoms with Crippen molar-refractivity contribution in [1.29, 1.82) is 0 Å². The molecule has 0 aromatic carbocycles. The van der Waals surface area contributed by atoms with Crippen molar-refractivity contribution in [3.63, 3.8) is 0 Å². The zero-order valence-corrected chi connectivity index (χ0v) is 18.4.